The SMILES string of the molecule is OB(O)Oc1ccc(O)cc1Cc1ccccc1. The van der Waals surface area contributed by atoms with Crippen molar-refractivity contribution in [1.82, 2.24) is 0 Å². The molecule has 2 aromatic rings. The summed E-state index contributed by atoms with van der Waals surface area (Å²) in [5.74, 6) is 0.451. The Balaban J connectivity index is 2.27. The first-order chi connectivity index (χ1) is 8.65. The van der Waals surface area contributed by atoms with Gasteiger partial charge in [0.1, 0.15) is 11.5 Å². The zero-order valence-electron chi connectivity index (χ0n) is 9.65. The summed E-state index contributed by atoms with van der Waals surface area (Å²) in [4.78, 5) is 0. The second-order valence-electron chi connectivity index (χ2n) is 3.90. The molecule has 0 fully saturated rings. The van der Waals surface area contributed by atoms with E-state index in [1.807, 2.05) is 30.3 Å². The van der Waals surface area contributed by atoms with E-state index < -0.39 is 7.32 Å². The average Bonchev–Trinajstić information content (AvgIpc) is 2.33. The first kappa shape index (κ1) is 12.5. The smallest absolute Gasteiger partial charge is 0.512 e. The Hall–Kier alpha value is -1.98. The highest BCUT2D eigenvalue weighted by atomic mass is 16.6. The minimum Gasteiger partial charge on any atom is -0.512 e. The van der Waals surface area contributed by atoms with Crippen molar-refractivity contribution in [3.63, 3.8) is 0 Å². The van der Waals surface area contributed by atoms with Gasteiger partial charge in [-0.3, -0.25) is 0 Å². The van der Waals surface area contributed by atoms with Crippen LogP contribution in [-0.4, -0.2) is 22.5 Å². The average molecular weight is 244 g/mol. The van der Waals surface area contributed by atoms with Crippen LogP contribution in [0.15, 0.2) is 48.5 Å². The molecule has 0 saturated carbocycles. The molecule has 3 N–H and O–H groups in total. The van der Waals surface area contributed by atoms with Gasteiger partial charge in [-0.15, -0.1) is 0 Å². The lowest BCUT2D eigenvalue weighted by molar-refractivity contribution is 0.287. The van der Waals surface area contributed by atoms with Gasteiger partial charge in [0.15, 0.2) is 0 Å². The fourth-order valence-corrected chi connectivity index (χ4v) is 1.75. The Bertz CT molecular complexity index is 514. The molecule has 0 heterocycles. The van der Waals surface area contributed by atoms with Gasteiger partial charge < -0.3 is 19.8 Å². The van der Waals surface area contributed by atoms with Gasteiger partial charge in [-0.2, -0.15) is 0 Å². The number of aromatic hydroxyl groups is 1. The van der Waals surface area contributed by atoms with Crippen LogP contribution >= 0.6 is 0 Å². The summed E-state index contributed by atoms with van der Waals surface area (Å²) in [5.41, 5.74) is 1.73. The van der Waals surface area contributed by atoms with E-state index in [2.05, 4.69) is 0 Å². The molecule has 4 nitrogen and oxygen atoms in total. The number of hydrogen-bond acceptors (Lipinski definition) is 4. The Morgan fingerprint density at radius 1 is 1.00 bits per heavy atom. The number of phenolic OH excluding ortho intramolecular Hbond substituents is 1. The summed E-state index contributed by atoms with van der Waals surface area (Å²) in [5, 5.41) is 27.1. The molecule has 0 aliphatic rings. The fourth-order valence-electron chi connectivity index (χ4n) is 1.75. The standard InChI is InChI=1S/C13H13BO4/c15-12-6-7-13(18-14(16)17)11(9-12)8-10-4-2-1-3-5-10/h1-7,9,15-17H,8H2. The quantitative estimate of drug-likeness (QED) is 0.709. The van der Waals surface area contributed by atoms with E-state index >= 15 is 0 Å². The zero-order chi connectivity index (χ0) is 13.0. The largest absolute Gasteiger partial charge is 0.707 e. The second kappa shape index (κ2) is 5.57. The van der Waals surface area contributed by atoms with Gasteiger partial charge in [0.05, 0.1) is 0 Å². The summed E-state index contributed by atoms with van der Waals surface area (Å²) < 4.78 is 4.87. The van der Waals surface area contributed by atoms with Gasteiger partial charge in [0, 0.05) is 12.0 Å². The Morgan fingerprint density at radius 2 is 1.72 bits per heavy atom. The van der Waals surface area contributed by atoms with E-state index in [9.17, 15) is 5.11 Å². The third-order valence-electron chi connectivity index (χ3n) is 2.51. The molecule has 2 aromatic carbocycles. The van der Waals surface area contributed by atoms with Crippen LogP contribution in [0.1, 0.15) is 11.1 Å². The molecule has 0 spiro atoms. The van der Waals surface area contributed by atoms with E-state index in [0.29, 0.717) is 17.7 Å². The monoisotopic (exact) mass is 244 g/mol. The maximum atomic E-state index is 9.47. The molecule has 0 bridgehead atoms. The summed E-state index contributed by atoms with van der Waals surface area (Å²) in [7, 11) is -1.87. The van der Waals surface area contributed by atoms with Crippen molar-refractivity contribution in [3.8, 4) is 11.5 Å². The molecular formula is C13H13BO4. The first-order valence-electron chi connectivity index (χ1n) is 5.54. The van der Waals surface area contributed by atoms with Crippen molar-refractivity contribution in [3.05, 3.63) is 59.7 Å². The molecule has 0 aliphatic heterocycles. The van der Waals surface area contributed by atoms with Gasteiger partial charge in [-0.25, -0.2) is 0 Å². The van der Waals surface area contributed by atoms with Crippen LogP contribution in [0, 0.1) is 0 Å². The van der Waals surface area contributed by atoms with Gasteiger partial charge in [-0.05, 0) is 23.8 Å². The summed E-state index contributed by atoms with van der Waals surface area (Å²) in [6.45, 7) is 0. The highest BCUT2D eigenvalue weighted by molar-refractivity contribution is 6.33. The highest BCUT2D eigenvalue weighted by Crippen LogP contribution is 2.26. The van der Waals surface area contributed by atoms with Gasteiger partial charge in [-0.1, -0.05) is 30.3 Å². The van der Waals surface area contributed by atoms with Crippen LogP contribution in [0.5, 0.6) is 11.5 Å². The zero-order valence-corrected chi connectivity index (χ0v) is 9.65. The van der Waals surface area contributed by atoms with Crippen LogP contribution in [0.2, 0.25) is 0 Å². The lowest BCUT2D eigenvalue weighted by Crippen LogP contribution is -2.21. The molecule has 0 radical (unpaired) electrons. The third kappa shape index (κ3) is 3.26. The molecule has 0 saturated heterocycles. The van der Waals surface area contributed by atoms with E-state index in [-0.39, 0.29) is 5.75 Å². The van der Waals surface area contributed by atoms with Crippen molar-refractivity contribution in [2.24, 2.45) is 0 Å². The predicted octanol–water partition coefficient (Wildman–Crippen LogP) is 1.33. The van der Waals surface area contributed by atoms with Crippen molar-refractivity contribution in [2.45, 2.75) is 6.42 Å². The molecule has 0 amide bonds. The number of phenols is 1. The Labute approximate surface area is 105 Å². The first-order valence-corrected chi connectivity index (χ1v) is 5.54. The van der Waals surface area contributed by atoms with E-state index in [1.54, 1.807) is 6.07 Å². The summed E-state index contributed by atoms with van der Waals surface area (Å²) >= 11 is 0. The maximum absolute atomic E-state index is 9.47. The summed E-state index contributed by atoms with van der Waals surface area (Å²) in [6.07, 6.45) is 0.539. The molecule has 5 heteroatoms. The van der Waals surface area contributed by atoms with Gasteiger partial charge in [0.25, 0.3) is 0 Å². The van der Waals surface area contributed by atoms with Crippen LogP contribution in [-0.2, 0) is 6.42 Å². The minimum atomic E-state index is -1.87. The van der Waals surface area contributed by atoms with Crippen molar-refractivity contribution < 1.29 is 19.8 Å². The minimum absolute atomic E-state index is 0.112. The van der Waals surface area contributed by atoms with Crippen LogP contribution in [0.3, 0.4) is 0 Å². The third-order valence-corrected chi connectivity index (χ3v) is 2.51. The van der Waals surface area contributed by atoms with E-state index in [4.69, 9.17) is 14.7 Å². The van der Waals surface area contributed by atoms with Crippen molar-refractivity contribution >= 4 is 7.32 Å². The molecular weight excluding hydrogens is 231 g/mol. The van der Waals surface area contributed by atoms with Crippen molar-refractivity contribution in [1.29, 1.82) is 0 Å². The lowest BCUT2D eigenvalue weighted by Gasteiger charge is -2.11. The normalized spacial score (nSPS) is 10.1. The van der Waals surface area contributed by atoms with Crippen LogP contribution < -0.4 is 4.65 Å². The van der Waals surface area contributed by atoms with Gasteiger partial charge in [0.2, 0.25) is 0 Å². The number of hydrogen-bond donors (Lipinski definition) is 3. The maximum Gasteiger partial charge on any atom is 0.707 e. The van der Waals surface area contributed by atoms with Crippen LogP contribution in [0.4, 0.5) is 0 Å². The topological polar surface area (TPSA) is 69.9 Å². The van der Waals surface area contributed by atoms with Crippen molar-refractivity contribution in [2.75, 3.05) is 0 Å². The molecule has 0 atom stereocenters. The Morgan fingerprint density at radius 3 is 2.39 bits per heavy atom. The number of rotatable bonds is 4. The second-order valence-corrected chi connectivity index (χ2v) is 3.90. The molecule has 0 aromatic heterocycles. The molecule has 2 rings (SSSR count). The molecule has 0 unspecified atom stereocenters. The molecule has 92 valence electrons. The fraction of sp³-hybridized carbons (Fsp3) is 0.0769. The predicted molar refractivity (Wildman–Crippen MR) is 68.2 cm³/mol. The lowest BCUT2D eigenvalue weighted by atomic mass is 10.0. The number of benzene rings is 2. The Kier molecular flexibility index (Phi) is 3.87. The van der Waals surface area contributed by atoms with E-state index in [0.717, 1.165) is 5.56 Å². The highest BCUT2D eigenvalue weighted by Gasteiger charge is 2.14. The molecule has 18 heavy (non-hydrogen) atoms. The summed E-state index contributed by atoms with van der Waals surface area (Å²) in [6, 6.07) is 14.1. The van der Waals surface area contributed by atoms with E-state index in [1.165, 1.54) is 12.1 Å². The van der Waals surface area contributed by atoms with Gasteiger partial charge >= 0.3 is 7.32 Å². The van der Waals surface area contributed by atoms with Crippen LogP contribution in [0.25, 0.3) is 0 Å². The molecule has 0 aliphatic carbocycles.